The van der Waals surface area contributed by atoms with Crippen LogP contribution in [0.15, 0.2) is 57.7 Å². The van der Waals surface area contributed by atoms with Gasteiger partial charge in [0, 0.05) is 23.8 Å². The fourth-order valence-electron chi connectivity index (χ4n) is 3.41. The Morgan fingerprint density at radius 3 is 2.73 bits per heavy atom. The first kappa shape index (κ1) is 18.3. The first-order valence-corrected chi connectivity index (χ1v) is 10.0. The van der Waals surface area contributed by atoms with Gasteiger partial charge < -0.3 is 4.42 Å². The lowest BCUT2D eigenvalue weighted by molar-refractivity contribution is -0.384. The number of nitro groups is 1. The molecule has 0 saturated heterocycles. The van der Waals surface area contributed by atoms with Crippen LogP contribution in [0.4, 0.5) is 5.69 Å². The van der Waals surface area contributed by atoms with Gasteiger partial charge in [0.1, 0.15) is 16.1 Å². The first-order valence-electron chi connectivity index (χ1n) is 9.19. The van der Waals surface area contributed by atoms with Crippen molar-refractivity contribution in [3.63, 3.8) is 0 Å². The molecule has 0 saturated carbocycles. The van der Waals surface area contributed by atoms with Crippen molar-refractivity contribution >= 4 is 39.1 Å². The summed E-state index contributed by atoms with van der Waals surface area (Å²) in [6.45, 7) is 4.03. The molecule has 30 heavy (non-hydrogen) atoms. The van der Waals surface area contributed by atoms with E-state index in [0.717, 1.165) is 22.2 Å². The predicted molar refractivity (Wildman–Crippen MR) is 116 cm³/mol. The summed E-state index contributed by atoms with van der Waals surface area (Å²) in [6.07, 6.45) is 1.68. The number of aryl methyl sites for hydroxylation is 2. The normalized spacial score (nSPS) is 12.3. The van der Waals surface area contributed by atoms with E-state index in [1.807, 2.05) is 26.0 Å². The minimum Gasteiger partial charge on any atom is -0.457 e. The molecule has 0 atom stereocenters. The largest absolute Gasteiger partial charge is 0.457 e. The molecule has 8 heteroatoms. The second kappa shape index (κ2) is 6.64. The average Bonchev–Trinajstić information content (AvgIpc) is 3.39. The molecule has 0 radical (unpaired) electrons. The predicted octanol–water partition coefficient (Wildman–Crippen LogP) is 4.24. The van der Waals surface area contributed by atoms with Crippen LogP contribution in [0.1, 0.15) is 16.9 Å². The highest BCUT2D eigenvalue weighted by molar-refractivity contribution is 7.15. The van der Waals surface area contributed by atoms with Gasteiger partial charge in [-0.1, -0.05) is 23.5 Å². The Morgan fingerprint density at radius 2 is 1.93 bits per heavy atom. The van der Waals surface area contributed by atoms with Gasteiger partial charge in [0.05, 0.1) is 16.0 Å². The van der Waals surface area contributed by atoms with Gasteiger partial charge >= 0.3 is 0 Å². The summed E-state index contributed by atoms with van der Waals surface area (Å²) in [4.78, 5) is 28.7. The van der Waals surface area contributed by atoms with Crippen molar-refractivity contribution in [3.8, 4) is 11.3 Å². The number of non-ortho nitro benzene ring substituents is 1. The summed E-state index contributed by atoms with van der Waals surface area (Å²) in [6, 6.07) is 13.7. The Hall–Kier alpha value is -3.78. The zero-order chi connectivity index (χ0) is 21.0. The number of rotatable bonds is 3. The molecule has 0 unspecified atom stereocenters. The van der Waals surface area contributed by atoms with Crippen LogP contribution in [0.3, 0.4) is 0 Å². The van der Waals surface area contributed by atoms with Crippen LogP contribution in [-0.2, 0) is 0 Å². The molecule has 0 N–H and O–H groups in total. The molecule has 0 fully saturated rings. The number of benzene rings is 2. The van der Waals surface area contributed by atoms with E-state index in [9.17, 15) is 14.9 Å². The average molecular weight is 417 g/mol. The Labute approximate surface area is 173 Å². The molecule has 0 spiro atoms. The third kappa shape index (κ3) is 2.89. The number of nitro benzene ring substituents is 1. The van der Waals surface area contributed by atoms with E-state index >= 15 is 0 Å². The number of imidazole rings is 1. The van der Waals surface area contributed by atoms with Gasteiger partial charge in [-0.15, -0.1) is 0 Å². The molecule has 5 aromatic rings. The van der Waals surface area contributed by atoms with Crippen molar-refractivity contribution in [2.24, 2.45) is 0 Å². The number of thiazole rings is 1. The molecular weight excluding hydrogens is 402 g/mol. The summed E-state index contributed by atoms with van der Waals surface area (Å²) < 4.78 is 7.96. The number of fused-ring (bicyclic) bond motifs is 3. The van der Waals surface area contributed by atoms with Gasteiger partial charge in [-0.3, -0.25) is 14.9 Å². The fourth-order valence-corrected chi connectivity index (χ4v) is 4.37. The zero-order valence-corrected chi connectivity index (χ0v) is 16.9. The molecule has 3 heterocycles. The van der Waals surface area contributed by atoms with Gasteiger partial charge in [-0.05, 0) is 49.2 Å². The summed E-state index contributed by atoms with van der Waals surface area (Å²) in [5.41, 5.74) is 4.29. The zero-order valence-electron chi connectivity index (χ0n) is 16.1. The number of hydrogen-bond donors (Lipinski definition) is 0. The molecule has 0 bridgehead atoms. The molecule has 148 valence electrons. The number of hydrogen-bond acceptors (Lipinski definition) is 6. The highest BCUT2D eigenvalue weighted by Crippen LogP contribution is 2.26. The Kier molecular flexibility index (Phi) is 4.04. The van der Waals surface area contributed by atoms with Crippen LogP contribution < -0.4 is 10.1 Å². The molecule has 0 amide bonds. The lowest BCUT2D eigenvalue weighted by atomic mass is 10.1. The van der Waals surface area contributed by atoms with Crippen molar-refractivity contribution in [3.05, 3.63) is 90.4 Å². The molecule has 0 aliphatic rings. The topological polar surface area (TPSA) is 90.7 Å². The SMILES string of the molecule is Cc1cc2nc3s/c(=C\c4ccc(-c5cccc([N+](=O)[O-])c5)o4)c(=O)n3c2cc1C. The van der Waals surface area contributed by atoms with E-state index in [4.69, 9.17) is 4.42 Å². The maximum Gasteiger partial charge on any atom is 0.275 e. The number of nitrogens with zero attached hydrogens (tertiary/aromatic N) is 3. The van der Waals surface area contributed by atoms with Crippen LogP contribution in [0.2, 0.25) is 0 Å². The van der Waals surface area contributed by atoms with Crippen molar-refractivity contribution in [1.29, 1.82) is 0 Å². The van der Waals surface area contributed by atoms with E-state index < -0.39 is 4.92 Å². The summed E-state index contributed by atoms with van der Waals surface area (Å²) in [5.74, 6) is 0.990. The molecule has 3 aromatic heterocycles. The Bertz CT molecular complexity index is 1580. The minimum absolute atomic E-state index is 0.00633. The fraction of sp³-hybridized carbons (Fsp3) is 0.0909. The van der Waals surface area contributed by atoms with E-state index in [0.29, 0.717) is 26.6 Å². The first-order chi connectivity index (χ1) is 14.4. The van der Waals surface area contributed by atoms with E-state index in [-0.39, 0.29) is 11.2 Å². The van der Waals surface area contributed by atoms with Crippen molar-refractivity contribution in [2.45, 2.75) is 13.8 Å². The van der Waals surface area contributed by atoms with Gasteiger partial charge in [-0.2, -0.15) is 0 Å². The maximum atomic E-state index is 13.0. The number of aromatic nitrogens is 2. The van der Waals surface area contributed by atoms with Crippen LogP contribution in [0, 0.1) is 24.0 Å². The molecule has 0 aliphatic carbocycles. The van der Waals surface area contributed by atoms with Crippen LogP contribution in [0.5, 0.6) is 0 Å². The molecular formula is C22H15N3O4S. The second-order valence-electron chi connectivity index (χ2n) is 7.08. The second-order valence-corrected chi connectivity index (χ2v) is 8.09. The quantitative estimate of drug-likeness (QED) is 0.323. The molecule has 7 nitrogen and oxygen atoms in total. The lowest BCUT2D eigenvalue weighted by Crippen LogP contribution is -2.22. The van der Waals surface area contributed by atoms with Crippen LogP contribution in [-0.4, -0.2) is 14.3 Å². The highest BCUT2D eigenvalue weighted by Gasteiger charge is 2.13. The Balaban J connectivity index is 1.60. The van der Waals surface area contributed by atoms with Gasteiger partial charge in [0.25, 0.3) is 11.2 Å². The van der Waals surface area contributed by atoms with E-state index in [2.05, 4.69) is 4.98 Å². The van der Waals surface area contributed by atoms with Crippen molar-refractivity contribution in [2.75, 3.05) is 0 Å². The van der Waals surface area contributed by atoms with E-state index in [1.165, 1.54) is 23.5 Å². The van der Waals surface area contributed by atoms with Gasteiger partial charge in [0.15, 0.2) is 4.96 Å². The highest BCUT2D eigenvalue weighted by atomic mass is 32.1. The minimum atomic E-state index is -0.446. The maximum absolute atomic E-state index is 13.0. The molecule has 0 aliphatic heterocycles. The summed E-state index contributed by atoms with van der Waals surface area (Å²) in [7, 11) is 0. The third-order valence-electron chi connectivity index (χ3n) is 5.10. The van der Waals surface area contributed by atoms with Crippen LogP contribution in [0.25, 0.3) is 33.4 Å². The monoisotopic (exact) mass is 417 g/mol. The third-order valence-corrected chi connectivity index (χ3v) is 6.06. The molecule has 2 aromatic carbocycles. The summed E-state index contributed by atoms with van der Waals surface area (Å²) >= 11 is 1.30. The van der Waals surface area contributed by atoms with Crippen molar-refractivity contribution < 1.29 is 9.34 Å². The standard InChI is InChI=1S/C22H15N3O4S/c1-12-8-17-18(9-13(12)2)24-21(26)20(30-22(24)23-17)11-16-6-7-19(29-16)14-4-3-5-15(10-14)25(27)28/h3-11H,1-2H3/b20-11-. The summed E-state index contributed by atoms with van der Waals surface area (Å²) in [5, 5.41) is 11.0. The van der Waals surface area contributed by atoms with Crippen molar-refractivity contribution in [1.82, 2.24) is 9.38 Å². The Morgan fingerprint density at radius 1 is 1.13 bits per heavy atom. The van der Waals surface area contributed by atoms with Gasteiger partial charge in [0.2, 0.25) is 0 Å². The lowest BCUT2D eigenvalue weighted by Gasteiger charge is -1.98. The smallest absolute Gasteiger partial charge is 0.275 e. The van der Waals surface area contributed by atoms with Crippen LogP contribution >= 0.6 is 11.3 Å². The van der Waals surface area contributed by atoms with Gasteiger partial charge in [-0.25, -0.2) is 9.38 Å². The van der Waals surface area contributed by atoms with E-state index in [1.54, 1.807) is 34.7 Å². The number of furan rings is 1. The molecule has 5 rings (SSSR count).